The largest absolute Gasteiger partial charge is 0.200 e. The Kier molecular flexibility index (Phi) is 1.15. The Bertz CT molecular complexity index is 390. The highest BCUT2D eigenvalue weighted by Gasteiger charge is 2.01. The first kappa shape index (κ1) is 6.27. The van der Waals surface area contributed by atoms with E-state index >= 15 is 0 Å². The van der Waals surface area contributed by atoms with Crippen molar-refractivity contribution in [1.29, 1.82) is 0 Å². The number of fused-ring (bicyclic) bond motifs is 1. The van der Waals surface area contributed by atoms with Crippen LogP contribution in [-0.2, 0) is 0 Å². The van der Waals surface area contributed by atoms with Gasteiger partial charge in [0.15, 0.2) is 5.65 Å². The Balaban J connectivity index is 2.93. The molecule has 4 heteroatoms. The van der Waals surface area contributed by atoms with Crippen molar-refractivity contribution in [2.75, 3.05) is 0 Å². The molecule has 0 N–H and O–H groups in total. The minimum absolute atomic E-state index is 0.838. The standard InChI is InChI=1S/C7H8N4/c1-5-3-9-11-4-8-10-7(11)6(5)2/h3-4H,1-2H3. The minimum atomic E-state index is 0.838. The van der Waals surface area contributed by atoms with Crippen LogP contribution in [0.4, 0.5) is 0 Å². The van der Waals surface area contributed by atoms with Gasteiger partial charge in [-0.25, -0.2) is 4.52 Å². The number of aryl methyl sites for hydroxylation is 2. The topological polar surface area (TPSA) is 43.1 Å². The molecule has 0 radical (unpaired) electrons. The lowest BCUT2D eigenvalue weighted by molar-refractivity contribution is 0.910. The molecule has 2 aromatic heterocycles. The molecule has 0 saturated carbocycles. The first-order chi connectivity index (χ1) is 5.29. The Hall–Kier alpha value is -1.45. The quantitative estimate of drug-likeness (QED) is 0.553. The van der Waals surface area contributed by atoms with Gasteiger partial charge in [-0.1, -0.05) is 0 Å². The molecule has 0 unspecified atom stereocenters. The van der Waals surface area contributed by atoms with Crippen LogP contribution in [0.3, 0.4) is 0 Å². The summed E-state index contributed by atoms with van der Waals surface area (Å²) in [5.41, 5.74) is 3.12. The van der Waals surface area contributed by atoms with Gasteiger partial charge in [0.2, 0.25) is 0 Å². The zero-order chi connectivity index (χ0) is 7.84. The fourth-order valence-electron chi connectivity index (χ4n) is 0.983. The molecule has 0 fully saturated rings. The van der Waals surface area contributed by atoms with E-state index in [1.807, 2.05) is 20.0 Å². The Morgan fingerprint density at radius 2 is 2.18 bits per heavy atom. The number of aromatic nitrogens is 4. The van der Waals surface area contributed by atoms with Crippen molar-refractivity contribution in [3.8, 4) is 0 Å². The maximum absolute atomic E-state index is 4.09. The normalized spacial score (nSPS) is 10.7. The van der Waals surface area contributed by atoms with Crippen LogP contribution >= 0.6 is 0 Å². The van der Waals surface area contributed by atoms with E-state index in [9.17, 15) is 0 Å². The molecule has 11 heavy (non-hydrogen) atoms. The summed E-state index contributed by atoms with van der Waals surface area (Å²) in [5, 5.41) is 11.8. The fraction of sp³-hybridized carbons (Fsp3) is 0.286. The summed E-state index contributed by atoms with van der Waals surface area (Å²) in [6.45, 7) is 4.03. The van der Waals surface area contributed by atoms with Crippen molar-refractivity contribution in [2.24, 2.45) is 0 Å². The third-order valence-corrected chi connectivity index (χ3v) is 1.83. The van der Waals surface area contributed by atoms with Crippen LogP contribution in [0.25, 0.3) is 5.65 Å². The molecule has 2 rings (SSSR count). The molecule has 56 valence electrons. The lowest BCUT2D eigenvalue weighted by Crippen LogP contribution is -1.94. The van der Waals surface area contributed by atoms with Gasteiger partial charge in [0.25, 0.3) is 0 Å². The molecular formula is C7H8N4. The zero-order valence-corrected chi connectivity index (χ0v) is 6.44. The molecular weight excluding hydrogens is 140 g/mol. The monoisotopic (exact) mass is 148 g/mol. The highest BCUT2D eigenvalue weighted by atomic mass is 15.3. The van der Waals surface area contributed by atoms with Gasteiger partial charge in [0.1, 0.15) is 6.33 Å². The third kappa shape index (κ3) is 0.790. The highest BCUT2D eigenvalue weighted by molar-refractivity contribution is 5.47. The average molecular weight is 148 g/mol. The number of hydrogen-bond acceptors (Lipinski definition) is 3. The van der Waals surface area contributed by atoms with Gasteiger partial charge >= 0.3 is 0 Å². The summed E-state index contributed by atoms with van der Waals surface area (Å²) in [5.74, 6) is 0. The van der Waals surface area contributed by atoms with Gasteiger partial charge in [-0.15, -0.1) is 10.2 Å². The zero-order valence-electron chi connectivity index (χ0n) is 6.44. The second-order valence-corrected chi connectivity index (χ2v) is 2.55. The van der Waals surface area contributed by atoms with E-state index in [0.717, 1.165) is 16.8 Å². The first-order valence-corrected chi connectivity index (χ1v) is 3.41. The highest BCUT2D eigenvalue weighted by Crippen LogP contribution is 2.08. The van der Waals surface area contributed by atoms with Crippen molar-refractivity contribution < 1.29 is 0 Å². The Morgan fingerprint density at radius 3 is 3.00 bits per heavy atom. The number of hydrogen-bond donors (Lipinski definition) is 0. The summed E-state index contributed by atoms with van der Waals surface area (Å²) >= 11 is 0. The molecule has 0 atom stereocenters. The van der Waals surface area contributed by atoms with Crippen LogP contribution in [0.5, 0.6) is 0 Å². The predicted octanol–water partition coefficient (Wildman–Crippen LogP) is 0.741. The predicted molar refractivity (Wildman–Crippen MR) is 40.3 cm³/mol. The van der Waals surface area contributed by atoms with Crippen molar-refractivity contribution in [3.05, 3.63) is 23.7 Å². The van der Waals surface area contributed by atoms with Crippen LogP contribution in [0, 0.1) is 13.8 Å². The second kappa shape index (κ2) is 2.02. The molecule has 0 aromatic carbocycles. The van der Waals surface area contributed by atoms with E-state index in [0.29, 0.717) is 0 Å². The fourth-order valence-corrected chi connectivity index (χ4v) is 0.983. The van der Waals surface area contributed by atoms with E-state index < -0.39 is 0 Å². The third-order valence-electron chi connectivity index (χ3n) is 1.83. The Labute approximate surface area is 63.9 Å². The van der Waals surface area contributed by atoms with Crippen LogP contribution < -0.4 is 0 Å². The summed E-state index contributed by atoms with van der Waals surface area (Å²) in [6, 6.07) is 0. The molecule has 0 saturated heterocycles. The molecule has 0 bridgehead atoms. The van der Waals surface area contributed by atoms with Gasteiger partial charge in [-0.05, 0) is 19.4 Å². The lowest BCUT2D eigenvalue weighted by Gasteiger charge is -1.97. The van der Waals surface area contributed by atoms with E-state index in [1.54, 1.807) is 10.8 Å². The summed E-state index contributed by atoms with van der Waals surface area (Å²) < 4.78 is 1.67. The average Bonchev–Trinajstić information content (AvgIpc) is 2.45. The number of rotatable bonds is 0. The van der Waals surface area contributed by atoms with E-state index in [2.05, 4.69) is 15.3 Å². The van der Waals surface area contributed by atoms with E-state index in [4.69, 9.17) is 0 Å². The van der Waals surface area contributed by atoms with Gasteiger partial charge in [-0.2, -0.15) is 5.10 Å². The number of nitrogens with zero attached hydrogens (tertiary/aromatic N) is 4. The summed E-state index contributed by atoms with van der Waals surface area (Å²) in [6.07, 6.45) is 3.41. The molecule has 0 aliphatic heterocycles. The molecule has 2 aromatic rings. The van der Waals surface area contributed by atoms with Crippen molar-refractivity contribution in [1.82, 2.24) is 19.8 Å². The van der Waals surface area contributed by atoms with Crippen LogP contribution in [-0.4, -0.2) is 19.8 Å². The van der Waals surface area contributed by atoms with Gasteiger partial charge in [0, 0.05) is 5.56 Å². The summed E-state index contributed by atoms with van der Waals surface area (Å²) in [4.78, 5) is 0. The minimum Gasteiger partial charge on any atom is -0.200 e. The summed E-state index contributed by atoms with van der Waals surface area (Å²) in [7, 11) is 0. The molecule has 2 heterocycles. The molecule has 0 spiro atoms. The van der Waals surface area contributed by atoms with Gasteiger partial charge in [-0.3, -0.25) is 0 Å². The van der Waals surface area contributed by atoms with Crippen LogP contribution in [0.2, 0.25) is 0 Å². The van der Waals surface area contributed by atoms with Crippen molar-refractivity contribution >= 4 is 5.65 Å². The van der Waals surface area contributed by atoms with Crippen molar-refractivity contribution in [3.63, 3.8) is 0 Å². The molecule has 0 aliphatic carbocycles. The molecule has 4 nitrogen and oxygen atoms in total. The van der Waals surface area contributed by atoms with Crippen molar-refractivity contribution in [2.45, 2.75) is 13.8 Å². The van der Waals surface area contributed by atoms with Crippen LogP contribution in [0.15, 0.2) is 12.5 Å². The van der Waals surface area contributed by atoms with Gasteiger partial charge < -0.3 is 0 Å². The van der Waals surface area contributed by atoms with Crippen LogP contribution in [0.1, 0.15) is 11.1 Å². The maximum atomic E-state index is 4.09. The SMILES string of the molecule is Cc1cnn2cnnc2c1C. The lowest BCUT2D eigenvalue weighted by atomic mass is 10.2. The second-order valence-electron chi connectivity index (χ2n) is 2.55. The maximum Gasteiger partial charge on any atom is 0.180 e. The smallest absolute Gasteiger partial charge is 0.180 e. The first-order valence-electron chi connectivity index (χ1n) is 3.41. The van der Waals surface area contributed by atoms with E-state index in [-0.39, 0.29) is 0 Å². The van der Waals surface area contributed by atoms with Gasteiger partial charge in [0.05, 0.1) is 6.20 Å². The molecule has 0 aliphatic rings. The Morgan fingerprint density at radius 1 is 1.36 bits per heavy atom. The van der Waals surface area contributed by atoms with E-state index in [1.165, 1.54) is 0 Å². The molecule has 0 amide bonds.